The molecule has 1 atom stereocenters. The van der Waals surface area contributed by atoms with Gasteiger partial charge in [-0.3, -0.25) is 4.21 Å². The summed E-state index contributed by atoms with van der Waals surface area (Å²) in [5.41, 5.74) is 5.82. The van der Waals surface area contributed by atoms with E-state index < -0.39 is 20.6 Å². The summed E-state index contributed by atoms with van der Waals surface area (Å²) in [6.45, 7) is 4.92. The van der Waals surface area contributed by atoms with E-state index in [-0.39, 0.29) is 10.3 Å². The minimum Gasteiger partial charge on any atom is -0.330 e. The van der Waals surface area contributed by atoms with Crippen LogP contribution in [-0.2, 0) is 20.6 Å². The Bertz CT molecular complexity index is 577. The third kappa shape index (κ3) is 6.28. The average molecular weight is 332 g/mol. The molecule has 1 unspecified atom stereocenters. The lowest BCUT2D eigenvalue weighted by Crippen LogP contribution is -2.23. The average Bonchev–Trinajstić information content (AvgIpc) is 2.42. The lowest BCUT2D eigenvalue weighted by atomic mass is 9.88. The van der Waals surface area contributed by atoms with E-state index in [1.54, 1.807) is 12.1 Å². The normalized spacial score (nSPS) is 14.1. The molecule has 4 nitrogen and oxygen atoms in total. The molecule has 0 spiro atoms. The molecule has 0 aliphatic carbocycles. The van der Waals surface area contributed by atoms with Crippen molar-refractivity contribution in [3.63, 3.8) is 0 Å². The highest BCUT2D eigenvalue weighted by molar-refractivity contribution is 7.90. The topological polar surface area (TPSA) is 77.2 Å². The maximum Gasteiger partial charge on any atom is 0.175 e. The Morgan fingerprint density at radius 2 is 1.71 bits per heavy atom. The van der Waals surface area contributed by atoms with Crippen molar-refractivity contribution in [3.05, 3.63) is 24.3 Å². The molecule has 0 radical (unpaired) electrons. The van der Waals surface area contributed by atoms with Crippen LogP contribution in [0.5, 0.6) is 0 Å². The fourth-order valence-electron chi connectivity index (χ4n) is 1.90. The van der Waals surface area contributed by atoms with E-state index in [1.807, 2.05) is 0 Å². The third-order valence-corrected chi connectivity index (χ3v) is 6.09. The minimum atomic E-state index is -3.20. The van der Waals surface area contributed by atoms with Gasteiger partial charge >= 0.3 is 0 Å². The summed E-state index contributed by atoms with van der Waals surface area (Å²) < 4.78 is 34.9. The van der Waals surface area contributed by atoms with Gasteiger partial charge in [0.1, 0.15) is 0 Å². The lowest BCUT2D eigenvalue weighted by molar-refractivity contribution is 0.336. The number of rotatable bonds is 8. The van der Waals surface area contributed by atoms with Crippen molar-refractivity contribution in [2.24, 2.45) is 11.1 Å². The minimum absolute atomic E-state index is 0.138. The standard InChI is InChI=1S/C15H25NO3S2/c1-15(2,12-16)10-4-5-11-20(17)13-6-8-14(9-7-13)21(3,18)19/h6-9H,4-5,10-12,16H2,1-3H3. The van der Waals surface area contributed by atoms with Gasteiger partial charge in [0, 0.05) is 16.9 Å². The second-order valence-electron chi connectivity index (χ2n) is 6.12. The van der Waals surface area contributed by atoms with Crippen LogP contribution in [0.3, 0.4) is 0 Å². The van der Waals surface area contributed by atoms with Gasteiger partial charge in [-0.05, 0) is 49.1 Å². The SMILES string of the molecule is CC(C)(CN)CCCCS(=O)c1ccc(S(C)(=O)=O)cc1. The first-order valence-corrected chi connectivity index (χ1v) is 10.3. The Balaban J connectivity index is 2.50. The van der Waals surface area contributed by atoms with Crippen molar-refractivity contribution in [2.75, 3.05) is 18.6 Å². The highest BCUT2D eigenvalue weighted by Crippen LogP contribution is 2.22. The number of benzene rings is 1. The van der Waals surface area contributed by atoms with Crippen LogP contribution in [0, 0.1) is 5.41 Å². The monoisotopic (exact) mass is 331 g/mol. The number of nitrogens with two attached hydrogens (primary N) is 1. The molecule has 2 N–H and O–H groups in total. The Labute approximate surface area is 130 Å². The fraction of sp³-hybridized carbons (Fsp3) is 0.600. The Morgan fingerprint density at radius 1 is 1.14 bits per heavy atom. The summed E-state index contributed by atoms with van der Waals surface area (Å²) in [4.78, 5) is 0.938. The van der Waals surface area contributed by atoms with Gasteiger partial charge in [-0.1, -0.05) is 20.3 Å². The zero-order valence-electron chi connectivity index (χ0n) is 13.0. The van der Waals surface area contributed by atoms with E-state index in [0.717, 1.165) is 25.5 Å². The number of hydrogen-bond donors (Lipinski definition) is 1. The number of sulfone groups is 1. The summed E-state index contributed by atoms with van der Waals surface area (Å²) in [5.74, 6) is 0.596. The van der Waals surface area contributed by atoms with Crippen molar-refractivity contribution in [2.45, 2.75) is 42.9 Å². The largest absolute Gasteiger partial charge is 0.330 e. The second kappa shape index (κ2) is 7.51. The molecule has 0 bridgehead atoms. The molecule has 0 amide bonds. The van der Waals surface area contributed by atoms with Crippen LogP contribution in [0.1, 0.15) is 33.1 Å². The molecule has 0 saturated heterocycles. The molecule has 6 heteroatoms. The predicted molar refractivity (Wildman–Crippen MR) is 87.5 cm³/mol. The molecule has 120 valence electrons. The van der Waals surface area contributed by atoms with E-state index in [0.29, 0.717) is 17.2 Å². The van der Waals surface area contributed by atoms with Gasteiger partial charge in [-0.2, -0.15) is 0 Å². The van der Waals surface area contributed by atoms with Crippen LogP contribution in [-0.4, -0.2) is 31.2 Å². The van der Waals surface area contributed by atoms with E-state index in [2.05, 4.69) is 13.8 Å². The van der Waals surface area contributed by atoms with Crippen LogP contribution in [0.15, 0.2) is 34.1 Å². The summed E-state index contributed by atoms with van der Waals surface area (Å²) in [6.07, 6.45) is 4.06. The third-order valence-electron chi connectivity index (χ3n) is 3.50. The summed E-state index contributed by atoms with van der Waals surface area (Å²) >= 11 is 0. The van der Waals surface area contributed by atoms with Crippen LogP contribution >= 0.6 is 0 Å². The van der Waals surface area contributed by atoms with Crippen molar-refractivity contribution in [1.82, 2.24) is 0 Å². The van der Waals surface area contributed by atoms with E-state index in [9.17, 15) is 12.6 Å². The molecule has 1 rings (SSSR count). The van der Waals surface area contributed by atoms with E-state index in [4.69, 9.17) is 5.73 Å². The van der Waals surface area contributed by atoms with E-state index in [1.165, 1.54) is 12.1 Å². The second-order valence-corrected chi connectivity index (χ2v) is 9.71. The van der Waals surface area contributed by atoms with Gasteiger partial charge in [-0.25, -0.2) is 8.42 Å². The molecular formula is C15H25NO3S2. The Kier molecular flexibility index (Phi) is 6.56. The van der Waals surface area contributed by atoms with Gasteiger partial charge < -0.3 is 5.73 Å². The number of unbranched alkanes of at least 4 members (excludes halogenated alkanes) is 1. The van der Waals surface area contributed by atoms with Crippen molar-refractivity contribution < 1.29 is 12.6 Å². The van der Waals surface area contributed by atoms with Crippen molar-refractivity contribution in [3.8, 4) is 0 Å². The lowest BCUT2D eigenvalue weighted by Gasteiger charge is -2.21. The molecule has 0 aromatic heterocycles. The van der Waals surface area contributed by atoms with E-state index >= 15 is 0 Å². The molecule has 0 aliphatic heterocycles. The van der Waals surface area contributed by atoms with Gasteiger partial charge in [0.15, 0.2) is 9.84 Å². The molecule has 0 aliphatic rings. The molecule has 21 heavy (non-hydrogen) atoms. The molecule has 1 aromatic carbocycles. The van der Waals surface area contributed by atoms with Crippen molar-refractivity contribution in [1.29, 1.82) is 0 Å². The predicted octanol–water partition coefficient (Wildman–Crippen LogP) is 2.35. The number of hydrogen-bond acceptors (Lipinski definition) is 4. The first-order valence-electron chi connectivity index (χ1n) is 7.04. The van der Waals surface area contributed by atoms with Gasteiger partial charge in [-0.15, -0.1) is 0 Å². The molecule has 0 heterocycles. The van der Waals surface area contributed by atoms with Crippen LogP contribution in [0.25, 0.3) is 0 Å². The Morgan fingerprint density at radius 3 is 2.19 bits per heavy atom. The van der Waals surface area contributed by atoms with Crippen LogP contribution in [0.4, 0.5) is 0 Å². The van der Waals surface area contributed by atoms with Gasteiger partial charge in [0.05, 0.1) is 15.7 Å². The molecular weight excluding hydrogens is 306 g/mol. The quantitative estimate of drug-likeness (QED) is 0.742. The zero-order valence-corrected chi connectivity index (χ0v) is 14.6. The van der Waals surface area contributed by atoms with Gasteiger partial charge in [0.2, 0.25) is 0 Å². The fourth-order valence-corrected chi connectivity index (χ4v) is 3.67. The highest BCUT2D eigenvalue weighted by atomic mass is 32.2. The smallest absolute Gasteiger partial charge is 0.175 e. The van der Waals surface area contributed by atoms with Crippen LogP contribution in [0.2, 0.25) is 0 Å². The molecule has 0 fully saturated rings. The summed E-state index contributed by atoms with van der Waals surface area (Å²) in [6, 6.07) is 6.30. The molecule has 1 aromatic rings. The molecule has 0 saturated carbocycles. The zero-order chi connectivity index (χ0) is 16.1. The Hall–Kier alpha value is -0.720. The summed E-state index contributed by atoms with van der Waals surface area (Å²) in [7, 11) is -4.27. The summed E-state index contributed by atoms with van der Waals surface area (Å²) in [5, 5.41) is 0. The van der Waals surface area contributed by atoms with Crippen LogP contribution < -0.4 is 5.73 Å². The highest BCUT2D eigenvalue weighted by Gasteiger charge is 2.15. The maximum atomic E-state index is 12.1. The first kappa shape index (κ1) is 18.3. The first-order chi connectivity index (χ1) is 9.65. The van der Waals surface area contributed by atoms with Crippen molar-refractivity contribution >= 4 is 20.6 Å². The van der Waals surface area contributed by atoms with Gasteiger partial charge in [0.25, 0.3) is 0 Å². The maximum absolute atomic E-state index is 12.1.